The number of hydrogen-bond acceptors (Lipinski definition) is 6. The van der Waals surface area contributed by atoms with Crippen LogP contribution in [0.4, 0.5) is 17.1 Å². The maximum Gasteiger partial charge on any atom is 0.211 e. The van der Waals surface area contributed by atoms with Crippen LogP contribution in [-0.2, 0) is 4.79 Å². The van der Waals surface area contributed by atoms with Gasteiger partial charge in [-0.1, -0.05) is 42.0 Å². The van der Waals surface area contributed by atoms with Crippen LogP contribution in [0, 0.1) is 0 Å². The number of nitrogens with zero attached hydrogens (tertiary/aromatic N) is 5. The molecule has 1 unspecified atom stereocenters. The lowest BCUT2D eigenvalue weighted by atomic mass is 9.95. The summed E-state index contributed by atoms with van der Waals surface area (Å²) in [6, 6.07) is 17.3. The first-order valence-electron chi connectivity index (χ1n) is 11.5. The fourth-order valence-corrected chi connectivity index (χ4v) is 4.80. The van der Waals surface area contributed by atoms with E-state index in [0.717, 1.165) is 35.4 Å². The van der Waals surface area contributed by atoms with Gasteiger partial charge in [0, 0.05) is 42.0 Å². The molecule has 0 saturated carbocycles. The lowest BCUT2D eigenvalue weighted by Crippen LogP contribution is -2.33. The number of para-hydroxylation sites is 3. The lowest BCUT2D eigenvalue weighted by molar-refractivity contribution is -0.105. The van der Waals surface area contributed by atoms with Crippen LogP contribution in [-0.4, -0.2) is 39.8 Å². The maximum atomic E-state index is 11.3. The topological polar surface area (TPSA) is 86.0 Å². The number of allylic oxidation sites excluding steroid dienone is 3. The molecule has 8 nitrogen and oxygen atoms in total. The van der Waals surface area contributed by atoms with Crippen LogP contribution in [0.15, 0.2) is 102 Å². The highest BCUT2D eigenvalue weighted by Crippen LogP contribution is 2.39. The van der Waals surface area contributed by atoms with E-state index in [4.69, 9.17) is 5.10 Å². The second-order valence-electron chi connectivity index (χ2n) is 8.61. The molecule has 3 heterocycles. The molecule has 0 bridgehead atoms. The zero-order valence-corrected chi connectivity index (χ0v) is 19.0. The number of rotatable bonds is 6. The molecule has 3 aromatic rings. The molecule has 174 valence electrons. The first kappa shape index (κ1) is 21.1. The third kappa shape index (κ3) is 3.74. The summed E-state index contributed by atoms with van der Waals surface area (Å²) in [7, 11) is 0. The maximum absolute atomic E-state index is 11.3. The average molecular weight is 465 g/mol. The van der Waals surface area contributed by atoms with Crippen LogP contribution in [0.1, 0.15) is 18.4 Å². The molecule has 2 aromatic carbocycles. The number of benzene rings is 2. The zero-order chi connectivity index (χ0) is 23.8. The first-order chi connectivity index (χ1) is 17.2. The molecule has 35 heavy (non-hydrogen) atoms. The van der Waals surface area contributed by atoms with Crippen molar-refractivity contribution in [3.05, 3.63) is 102 Å². The first-order valence-corrected chi connectivity index (χ1v) is 11.5. The van der Waals surface area contributed by atoms with Gasteiger partial charge in [-0.25, -0.2) is 9.69 Å². The standard InChI is InChI=1S/C27H24N6O2/c34-18-28-23-7-2-4-9-25(23)33-27(35)22-17-31(24-8-3-1-6-21(24)26(22)30-33)16-19-10-12-20(13-11-19)32-15-5-14-29-32/h1-10,12,14-15,17-18,27,35H,11,13,16H2,(H,28,34). The van der Waals surface area contributed by atoms with Crippen LogP contribution in [0.2, 0.25) is 0 Å². The van der Waals surface area contributed by atoms with Crippen molar-refractivity contribution in [2.24, 2.45) is 5.10 Å². The number of anilines is 3. The monoisotopic (exact) mass is 464 g/mol. The molecule has 0 fully saturated rings. The van der Waals surface area contributed by atoms with E-state index in [2.05, 4.69) is 33.5 Å². The van der Waals surface area contributed by atoms with Crippen LogP contribution in [0.5, 0.6) is 0 Å². The van der Waals surface area contributed by atoms with E-state index in [0.29, 0.717) is 24.3 Å². The number of amides is 1. The van der Waals surface area contributed by atoms with Crippen molar-refractivity contribution < 1.29 is 9.90 Å². The molecule has 1 atom stereocenters. The Morgan fingerprint density at radius 2 is 1.86 bits per heavy atom. The third-order valence-electron chi connectivity index (χ3n) is 6.51. The van der Waals surface area contributed by atoms with Gasteiger partial charge in [-0.2, -0.15) is 10.2 Å². The van der Waals surface area contributed by atoms with E-state index in [-0.39, 0.29) is 0 Å². The molecular weight excluding hydrogens is 440 g/mol. The van der Waals surface area contributed by atoms with Gasteiger partial charge in [-0.05, 0) is 43.2 Å². The second kappa shape index (κ2) is 8.73. The summed E-state index contributed by atoms with van der Waals surface area (Å²) in [6.07, 6.45) is 11.6. The average Bonchev–Trinajstić information content (AvgIpc) is 3.54. The van der Waals surface area contributed by atoms with E-state index in [9.17, 15) is 9.90 Å². The summed E-state index contributed by atoms with van der Waals surface area (Å²) in [4.78, 5) is 13.3. The predicted octanol–water partition coefficient (Wildman–Crippen LogP) is 3.96. The van der Waals surface area contributed by atoms with Crippen molar-refractivity contribution in [3.8, 4) is 0 Å². The predicted molar refractivity (Wildman–Crippen MR) is 137 cm³/mol. The normalized spacial score (nSPS) is 18.7. The van der Waals surface area contributed by atoms with E-state index >= 15 is 0 Å². The van der Waals surface area contributed by atoms with Gasteiger partial charge in [0.1, 0.15) is 5.71 Å². The molecule has 0 saturated heterocycles. The number of nitrogens with one attached hydrogen (secondary N) is 1. The van der Waals surface area contributed by atoms with Crippen molar-refractivity contribution in [2.45, 2.75) is 19.1 Å². The van der Waals surface area contributed by atoms with Gasteiger partial charge in [0.25, 0.3) is 0 Å². The van der Waals surface area contributed by atoms with Crippen LogP contribution in [0.25, 0.3) is 5.70 Å². The Balaban J connectivity index is 1.33. The van der Waals surface area contributed by atoms with Crippen LogP contribution < -0.4 is 15.2 Å². The van der Waals surface area contributed by atoms with Gasteiger partial charge in [0.2, 0.25) is 6.41 Å². The van der Waals surface area contributed by atoms with Gasteiger partial charge in [-0.15, -0.1) is 0 Å². The fourth-order valence-electron chi connectivity index (χ4n) is 4.80. The number of hydrazone groups is 1. The Morgan fingerprint density at radius 3 is 2.63 bits per heavy atom. The van der Waals surface area contributed by atoms with E-state index < -0.39 is 6.23 Å². The Labute approximate surface area is 202 Å². The highest BCUT2D eigenvalue weighted by molar-refractivity contribution is 6.20. The van der Waals surface area contributed by atoms with E-state index in [1.807, 2.05) is 59.5 Å². The number of aliphatic hydroxyl groups excluding tert-OH is 1. The Bertz CT molecular complexity index is 1400. The number of carbonyl (C=O) groups is 1. The molecule has 2 aliphatic heterocycles. The summed E-state index contributed by atoms with van der Waals surface area (Å²) >= 11 is 0. The number of fused-ring (bicyclic) bond motifs is 3. The van der Waals surface area contributed by atoms with Crippen molar-refractivity contribution in [3.63, 3.8) is 0 Å². The molecule has 6 rings (SSSR count). The van der Waals surface area contributed by atoms with Gasteiger partial charge >= 0.3 is 0 Å². The molecule has 1 amide bonds. The summed E-state index contributed by atoms with van der Waals surface area (Å²) in [5.41, 5.74) is 7.18. The SMILES string of the molecule is O=CNc1ccccc1N1N=C2C(=CN(CC3=CC=C(n4cccn4)CC3)c3ccccc32)C1O. The van der Waals surface area contributed by atoms with Crippen molar-refractivity contribution in [2.75, 3.05) is 21.8 Å². The molecule has 3 aliphatic rings. The molecule has 1 aliphatic carbocycles. The van der Waals surface area contributed by atoms with Crippen LogP contribution >= 0.6 is 0 Å². The van der Waals surface area contributed by atoms with E-state index in [1.54, 1.807) is 17.3 Å². The Hall–Kier alpha value is -4.43. The summed E-state index contributed by atoms with van der Waals surface area (Å²) in [5, 5.41) is 24.7. The molecule has 8 heteroatoms. The minimum absolute atomic E-state index is 0.586. The Kier molecular flexibility index (Phi) is 5.27. The zero-order valence-electron chi connectivity index (χ0n) is 19.0. The smallest absolute Gasteiger partial charge is 0.211 e. The fraction of sp³-hybridized carbons (Fsp3) is 0.148. The van der Waals surface area contributed by atoms with Gasteiger partial charge in [0.05, 0.1) is 17.1 Å². The largest absolute Gasteiger partial charge is 0.368 e. The number of carbonyl (C=O) groups excluding carboxylic acids is 1. The highest BCUT2D eigenvalue weighted by atomic mass is 16.3. The highest BCUT2D eigenvalue weighted by Gasteiger charge is 2.37. The number of hydrogen-bond donors (Lipinski definition) is 2. The van der Waals surface area contributed by atoms with Crippen LogP contribution in [0.3, 0.4) is 0 Å². The molecule has 1 aromatic heterocycles. The minimum atomic E-state index is -0.970. The molecule has 2 N–H and O–H groups in total. The van der Waals surface area contributed by atoms with Gasteiger partial charge < -0.3 is 15.3 Å². The second-order valence-corrected chi connectivity index (χ2v) is 8.61. The quantitative estimate of drug-likeness (QED) is 0.540. The molecular formula is C27H24N6O2. The Morgan fingerprint density at radius 1 is 1.03 bits per heavy atom. The number of aliphatic hydroxyl groups is 1. The summed E-state index contributed by atoms with van der Waals surface area (Å²) in [6.45, 7) is 0.715. The van der Waals surface area contributed by atoms with Crippen molar-refractivity contribution >= 4 is 34.9 Å². The third-order valence-corrected chi connectivity index (χ3v) is 6.51. The molecule has 0 spiro atoms. The minimum Gasteiger partial charge on any atom is -0.368 e. The van der Waals surface area contributed by atoms with Crippen molar-refractivity contribution in [1.82, 2.24) is 9.78 Å². The summed E-state index contributed by atoms with van der Waals surface area (Å²) in [5.74, 6) is 0. The molecule has 0 radical (unpaired) electrons. The lowest BCUT2D eigenvalue weighted by Gasteiger charge is -2.30. The van der Waals surface area contributed by atoms with Gasteiger partial charge in [-0.3, -0.25) is 4.79 Å². The number of aromatic nitrogens is 2. The summed E-state index contributed by atoms with van der Waals surface area (Å²) < 4.78 is 1.91. The van der Waals surface area contributed by atoms with Crippen molar-refractivity contribution in [1.29, 1.82) is 0 Å². The van der Waals surface area contributed by atoms with E-state index in [1.165, 1.54) is 11.3 Å². The van der Waals surface area contributed by atoms with Gasteiger partial charge in [0.15, 0.2) is 6.23 Å².